The fraction of sp³-hybridized carbons (Fsp3) is 0.519. The standard InChI is InChI=1S/C27H34N4O3S/c1-2-34-27(33)30-15-12-20(13-16-30)29-21-10-11-22-23(17-21)35-25-24(22)26(32)31(18-28-25)14-6-9-19-7-4-3-5-8-19/h3-5,7-8,18,20-21,29H,2,6,9-17H2,1H3/t21-/m1/s1. The first-order valence-corrected chi connectivity index (χ1v) is 13.7. The van der Waals surface area contributed by atoms with Gasteiger partial charge in [0.15, 0.2) is 0 Å². The van der Waals surface area contributed by atoms with Crippen LogP contribution in [0.5, 0.6) is 0 Å². The number of carbonyl (C=O) groups excluding carboxylic acids is 1. The lowest BCUT2D eigenvalue weighted by Gasteiger charge is -2.35. The number of hydrogen-bond donors (Lipinski definition) is 1. The Hall–Kier alpha value is -2.71. The van der Waals surface area contributed by atoms with Crippen molar-refractivity contribution in [1.82, 2.24) is 19.8 Å². The van der Waals surface area contributed by atoms with Crippen molar-refractivity contribution in [3.63, 3.8) is 0 Å². The molecule has 3 heterocycles. The molecule has 5 rings (SSSR count). The first-order valence-electron chi connectivity index (χ1n) is 12.8. The highest BCUT2D eigenvalue weighted by Gasteiger charge is 2.29. The van der Waals surface area contributed by atoms with Crippen molar-refractivity contribution < 1.29 is 9.53 Å². The van der Waals surface area contributed by atoms with Crippen LogP contribution in [0.3, 0.4) is 0 Å². The van der Waals surface area contributed by atoms with Crippen LogP contribution in [0.25, 0.3) is 10.2 Å². The Balaban J connectivity index is 1.20. The molecule has 1 saturated heterocycles. The number of nitrogens with one attached hydrogen (secondary N) is 1. The number of nitrogens with zero attached hydrogens (tertiary/aromatic N) is 3. The summed E-state index contributed by atoms with van der Waals surface area (Å²) in [4.78, 5) is 33.9. The Morgan fingerprint density at radius 3 is 2.74 bits per heavy atom. The highest BCUT2D eigenvalue weighted by Crippen LogP contribution is 2.34. The van der Waals surface area contributed by atoms with Crippen LogP contribution in [-0.4, -0.2) is 52.3 Å². The monoisotopic (exact) mass is 494 g/mol. The van der Waals surface area contributed by atoms with Gasteiger partial charge in [0.1, 0.15) is 4.83 Å². The molecule has 0 saturated carbocycles. The van der Waals surface area contributed by atoms with Crippen LogP contribution < -0.4 is 10.9 Å². The molecule has 0 spiro atoms. The van der Waals surface area contributed by atoms with Gasteiger partial charge in [-0.25, -0.2) is 9.78 Å². The number of carbonyl (C=O) groups is 1. The summed E-state index contributed by atoms with van der Waals surface area (Å²) in [6, 6.07) is 11.2. The number of aryl methyl sites for hydroxylation is 3. The molecule has 8 heteroatoms. The maximum absolute atomic E-state index is 13.3. The average molecular weight is 495 g/mol. The van der Waals surface area contributed by atoms with E-state index in [2.05, 4.69) is 34.6 Å². The largest absolute Gasteiger partial charge is 0.450 e. The van der Waals surface area contributed by atoms with E-state index in [-0.39, 0.29) is 11.7 Å². The summed E-state index contributed by atoms with van der Waals surface area (Å²) in [5, 5.41) is 4.67. The number of ether oxygens (including phenoxy) is 1. The molecule has 1 aliphatic carbocycles. The van der Waals surface area contributed by atoms with E-state index in [9.17, 15) is 9.59 Å². The molecule has 186 valence electrons. The highest BCUT2D eigenvalue weighted by atomic mass is 32.1. The topological polar surface area (TPSA) is 76.5 Å². The fourth-order valence-electron chi connectivity index (χ4n) is 5.38. The first kappa shape index (κ1) is 24.0. The number of likely N-dealkylation sites (tertiary alicyclic amines) is 1. The minimum atomic E-state index is -0.197. The van der Waals surface area contributed by atoms with Crippen molar-refractivity contribution in [3.05, 3.63) is 63.0 Å². The number of aromatic nitrogens is 2. The summed E-state index contributed by atoms with van der Waals surface area (Å²) in [6.45, 7) is 4.44. The predicted octanol–water partition coefficient (Wildman–Crippen LogP) is 4.16. The molecule has 1 aromatic carbocycles. The molecule has 1 N–H and O–H groups in total. The van der Waals surface area contributed by atoms with Crippen LogP contribution in [-0.2, 0) is 30.5 Å². The second kappa shape index (κ2) is 10.9. The zero-order valence-corrected chi connectivity index (χ0v) is 21.2. The predicted molar refractivity (Wildman–Crippen MR) is 139 cm³/mol. The summed E-state index contributed by atoms with van der Waals surface area (Å²) in [6.07, 6.45) is 8.19. The third-order valence-corrected chi connectivity index (χ3v) is 8.40. The summed E-state index contributed by atoms with van der Waals surface area (Å²) >= 11 is 1.68. The van der Waals surface area contributed by atoms with Gasteiger partial charge >= 0.3 is 6.09 Å². The van der Waals surface area contributed by atoms with Crippen LogP contribution in [0.4, 0.5) is 4.79 Å². The number of benzene rings is 1. The van der Waals surface area contributed by atoms with E-state index in [0.717, 1.165) is 68.3 Å². The molecule has 2 aromatic heterocycles. The minimum Gasteiger partial charge on any atom is -0.450 e. The van der Waals surface area contributed by atoms with Crippen molar-refractivity contribution in [2.45, 2.75) is 70.5 Å². The van der Waals surface area contributed by atoms with Crippen LogP contribution in [0.2, 0.25) is 0 Å². The normalized spacial score (nSPS) is 18.5. The van der Waals surface area contributed by atoms with E-state index in [1.165, 1.54) is 16.0 Å². The quantitative estimate of drug-likeness (QED) is 0.534. The molecule has 1 fully saturated rings. The molecule has 35 heavy (non-hydrogen) atoms. The number of amides is 1. The van der Waals surface area contributed by atoms with Crippen LogP contribution in [0, 0.1) is 0 Å². The first-order chi connectivity index (χ1) is 17.1. The van der Waals surface area contributed by atoms with Gasteiger partial charge < -0.3 is 15.0 Å². The van der Waals surface area contributed by atoms with Gasteiger partial charge in [0, 0.05) is 36.6 Å². The number of piperidine rings is 1. The summed E-state index contributed by atoms with van der Waals surface area (Å²) in [5.74, 6) is 0. The molecular weight excluding hydrogens is 460 g/mol. The lowest BCUT2D eigenvalue weighted by Crippen LogP contribution is -2.49. The van der Waals surface area contributed by atoms with E-state index in [1.807, 2.05) is 17.9 Å². The van der Waals surface area contributed by atoms with E-state index < -0.39 is 0 Å². The van der Waals surface area contributed by atoms with E-state index >= 15 is 0 Å². The fourth-order valence-corrected chi connectivity index (χ4v) is 6.64. The van der Waals surface area contributed by atoms with Gasteiger partial charge in [-0.05, 0) is 63.0 Å². The maximum atomic E-state index is 13.3. The van der Waals surface area contributed by atoms with Crippen molar-refractivity contribution in [2.75, 3.05) is 19.7 Å². The Bertz CT molecular complexity index is 1210. The van der Waals surface area contributed by atoms with Crippen molar-refractivity contribution in [1.29, 1.82) is 0 Å². The van der Waals surface area contributed by atoms with Gasteiger partial charge in [-0.3, -0.25) is 9.36 Å². The molecule has 7 nitrogen and oxygen atoms in total. The second-order valence-electron chi connectivity index (χ2n) is 9.58. The van der Waals surface area contributed by atoms with Gasteiger partial charge in [-0.1, -0.05) is 30.3 Å². The molecule has 1 aliphatic heterocycles. The van der Waals surface area contributed by atoms with Gasteiger partial charge in [0.05, 0.1) is 18.3 Å². The molecule has 1 amide bonds. The number of rotatable bonds is 7. The Kier molecular flexibility index (Phi) is 7.48. The van der Waals surface area contributed by atoms with Gasteiger partial charge in [-0.2, -0.15) is 0 Å². The molecular formula is C27H34N4O3S. The third-order valence-electron chi connectivity index (χ3n) is 7.24. The smallest absolute Gasteiger partial charge is 0.409 e. The zero-order valence-electron chi connectivity index (χ0n) is 20.4. The maximum Gasteiger partial charge on any atom is 0.409 e. The lowest BCUT2D eigenvalue weighted by molar-refractivity contribution is 0.0940. The Morgan fingerprint density at radius 1 is 1.17 bits per heavy atom. The Labute approximate surface area is 210 Å². The van der Waals surface area contributed by atoms with Gasteiger partial charge in [-0.15, -0.1) is 11.3 Å². The molecule has 0 radical (unpaired) electrons. The Morgan fingerprint density at radius 2 is 1.97 bits per heavy atom. The van der Waals surface area contributed by atoms with Crippen LogP contribution in [0.1, 0.15) is 48.6 Å². The molecule has 2 aliphatic rings. The molecule has 1 atom stereocenters. The van der Waals surface area contributed by atoms with Crippen molar-refractivity contribution in [3.8, 4) is 0 Å². The van der Waals surface area contributed by atoms with E-state index in [0.29, 0.717) is 25.2 Å². The lowest BCUT2D eigenvalue weighted by atomic mass is 9.91. The zero-order chi connectivity index (χ0) is 24.2. The van der Waals surface area contributed by atoms with E-state index in [4.69, 9.17) is 4.74 Å². The average Bonchev–Trinajstić information content (AvgIpc) is 3.25. The SMILES string of the molecule is CCOC(=O)N1CCC(N[C@@H]2CCc3c(sc4ncn(CCCc5ccccc5)c(=O)c34)C2)CC1. The van der Waals surface area contributed by atoms with Gasteiger partial charge in [0.2, 0.25) is 0 Å². The number of thiophene rings is 1. The summed E-state index contributed by atoms with van der Waals surface area (Å²) in [7, 11) is 0. The van der Waals surface area contributed by atoms with Crippen LogP contribution in [0.15, 0.2) is 41.5 Å². The van der Waals surface area contributed by atoms with Crippen molar-refractivity contribution >= 4 is 27.6 Å². The summed E-state index contributed by atoms with van der Waals surface area (Å²) in [5.41, 5.74) is 2.63. The molecule has 3 aromatic rings. The van der Waals surface area contributed by atoms with Gasteiger partial charge in [0.25, 0.3) is 5.56 Å². The highest BCUT2D eigenvalue weighted by molar-refractivity contribution is 7.18. The number of hydrogen-bond acceptors (Lipinski definition) is 6. The summed E-state index contributed by atoms with van der Waals surface area (Å²) < 4.78 is 6.92. The minimum absolute atomic E-state index is 0.110. The van der Waals surface area contributed by atoms with Crippen molar-refractivity contribution in [2.24, 2.45) is 0 Å². The second-order valence-corrected chi connectivity index (χ2v) is 10.7. The molecule has 0 unspecified atom stereocenters. The number of fused-ring (bicyclic) bond motifs is 3. The molecule has 0 bridgehead atoms. The third kappa shape index (κ3) is 5.43. The van der Waals surface area contributed by atoms with Crippen LogP contribution >= 0.6 is 11.3 Å². The van der Waals surface area contributed by atoms with E-state index in [1.54, 1.807) is 22.2 Å².